The molecule has 1 aromatic carbocycles. The van der Waals surface area contributed by atoms with E-state index in [2.05, 4.69) is 40.3 Å². The van der Waals surface area contributed by atoms with Crippen molar-refractivity contribution in [1.82, 2.24) is 25.4 Å². The van der Waals surface area contributed by atoms with Crippen molar-refractivity contribution in [2.45, 2.75) is 38.0 Å². The van der Waals surface area contributed by atoms with Crippen LogP contribution in [0.3, 0.4) is 0 Å². The maximum atomic E-state index is 14.4. The van der Waals surface area contributed by atoms with Crippen molar-refractivity contribution in [2.24, 2.45) is 5.41 Å². The summed E-state index contributed by atoms with van der Waals surface area (Å²) < 4.78 is 28.8. The fourth-order valence-electron chi connectivity index (χ4n) is 5.98. The average Bonchev–Trinajstić information content (AvgIpc) is 3.45. The highest BCUT2D eigenvalue weighted by molar-refractivity contribution is 5.64. The number of hydrogen-bond donors (Lipinski definition) is 1. The number of H-pyrrole nitrogens is 1. The lowest BCUT2D eigenvalue weighted by Crippen LogP contribution is -2.37. The first-order valence-corrected chi connectivity index (χ1v) is 10.7. The minimum Gasteiger partial charge on any atom is -0.285 e. The Kier molecular flexibility index (Phi) is 3.91. The molecule has 2 bridgehead atoms. The summed E-state index contributed by atoms with van der Waals surface area (Å²) in [6.45, 7) is 4.48. The van der Waals surface area contributed by atoms with Gasteiger partial charge in [0.1, 0.15) is 11.6 Å². The SMILES string of the molecule is CC1(C)[C@H]2CC[C@]1(c1cccc(-c3cn[nH]c3)n1)c1nnc(-c3c(F)cccc3F)cc12. The summed E-state index contributed by atoms with van der Waals surface area (Å²) in [7, 11) is 0. The van der Waals surface area contributed by atoms with Crippen LogP contribution in [-0.2, 0) is 5.41 Å². The lowest BCUT2D eigenvalue weighted by Gasteiger charge is -2.37. The second-order valence-corrected chi connectivity index (χ2v) is 9.24. The minimum absolute atomic E-state index is 0.127. The second kappa shape index (κ2) is 6.51. The first kappa shape index (κ1) is 19.2. The molecule has 0 spiro atoms. The molecule has 5 nitrogen and oxygen atoms in total. The first-order valence-electron chi connectivity index (χ1n) is 10.7. The number of nitrogens with zero attached hydrogens (tertiary/aromatic N) is 4. The van der Waals surface area contributed by atoms with E-state index < -0.39 is 17.0 Å². The number of hydrogen-bond acceptors (Lipinski definition) is 4. The van der Waals surface area contributed by atoms with Crippen molar-refractivity contribution in [3.63, 3.8) is 0 Å². The molecule has 0 aliphatic heterocycles. The number of aromatic amines is 1. The van der Waals surface area contributed by atoms with Gasteiger partial charge < -0.3 is 0 Å². The maximum absolute atomic E-state index is 14.4. The molecule has 4 aromatic rings. The zero-order valence-electron chi connectivity index (χ0n) is 17.7. The number of rotatable bonds is 3. The normalized spacial score (nSPS) is 22.8. The Morgan fingerprint density at radius 2 is 1.78 bits per heavy atom. The molecule has 32 heavy (non-hydrogen) atoms. The van der Waals surface area contributed by atoms with Crippen molar-refractivity contribution < 1.29 is 8.78 Å². The van der Waals surface area contributed by atoms with E-state index in [1.165, 1.54) is 18.2 Å². The standard InChI is InChI=1S/C25H21F2N5/c1-24(2)16-9-10-25(24,21-8-4-7-19(30-21)14-12-28-29-13-14)23-15(16)11-20(31-32-23)22-17(26)5-3-6-18(22)27/h3-8,11-13,16H,9-10H2,1-2H3,(H,28,29)/t16-,25-/m0/s1. The molecule has 0 saturated heterocycles. The van der Waals surface area contributed by atoms with Gasteiger partial charge in [-0.1, -0.05) is 26.0 Å². The maximum Gasteiger partial charge on any atom is 0.135 e. The first-order chi connectivity index (χ1) is 15.4. The van der Waals surface area contributed by atoms with Crippen LogP contribution < -0.4 is 0 Å². The van der Waals surface area contributed by atoms with Crippen LogP contribution in [0.5, 0.6) is 0 Å². The summed E-state index contributed by atoms with van der Waals surface area (Å²) in [5, 5.41) is 15.8. The van der Waals surface area contributed by atoms with Crippen molar-refractivity contribution >= 4 is 0 Å². The monoisotopic (exact) mass is 429 g/mol. The van der Waals surface area contributed by atoms with Crippen LogP contribution in [0.2, 0.25) is 0 Å². The van der Waals surface area contributed by atoms with E-state index >= 15 is 0 Å². The van der Waals surface area contributed by atoms with Gasteiger partial charge in [-0.2, -0.15) is 10.2 Å². The van der Waals surface area contributed by atoms with E-state index in [1.54, 1.807) is 6.20 Å². The lowest BCUT2D eigenvalue weighted by molar-refractivity contribution is 0.243. The number of aromatic nitrogens is 5. The molecule has 1 fully saturated rings. The number of benzene rings is 1. The zero-order chi connectivity index (χ0) is 22.1. The third kappa shape index (κ3) is 2.36. The number of halogens is 2. The topological polar surface area (TPSA) is 67.3 Å². The van der Waals surface area contributed by atoms with Crippen LogP contribution in [0.4, 0.5) is 8.78 Å². The van der Waals surface area contributed by atoms with E-state index in [0.29, 0.717) is 0 Å². The fraction of sp³-hybridized carbons (Fsp3) is 0.280. The van der Waals surface area contributed by atoms with Gasteiger partial charge >= 0.3 is 0 Å². The molecule has 0 amide bonds. The predicted molar refractivity (Wildman–Crippen MR) is 116 cm³/mol. The van der Waals surface area contributed by atoms with E-state index in [9.17, 15) is 8.78 Å². The van der Waals surface area contributed by atoms with Crippen molar-refractivity contribution in [2.75, 3.05) is 0 Å². The number of nitrogens with one attached hydrogen (secondary N) is 1. The molecule has 3 aromatic heterocycles. The average molecular weight is 429 g/mol. The highest BCUT2D eigenvalue weighted by Gasteiger charge is 2.65. The second-order valence-electron chi connectivity index (χ2n) is 9.24. The van der Waals surface area contributed by atoms with E-state index in [0.717, 1.165) is 41.1 Å². The summed E-state index contributed by atoms with van der Waals surface area (Å²) in [5.41, 5.74) is 4.13. The van der Waals surface area contributed by atoms with Gasteiger partial charge in [-0.15, -0.1) is 5.10 Å². The summed E-state index contributed by atoms with van der Waals surface area (Å²) >= 11 is 0. The largest absolute Gasteiger partial charge is 0.285 e. The molecule has 2 atom stereocenters. The van der Waals surface area contributed by atoms with E-state index in [1.807, 2.05) is 24.4 Å². The van der Waals surface area contributed by atoms with E-state index in [-0.39, 0.29) is 22.6 Å². The molecule has 0 unspecified atom stereocenters. The molecule has 160 valence electrons. The smallest absolute Gasteiger partial charge is 0.135 e. The Hall–Kier alpha value is -3.48. The summed E-state index contributed by atoms with van der Waals surface area (Å²) in [4.78, 5) is 5.02. The Bertz CT molecular complexity index is 1330. The Balaban J connectivity index is 1.54. The highest BCUT2D eigenvalue weighted by atomic mass is 19.1. The Morgan fingerprint density at radius 1 is 1.00 bits per heavy atom. The summed E-state index contributed by atoms with van der Waals surface area (Å²) in [6.07, 6.45) is 5.44. The molecular weight excluding hydrogens is 408 g/mol. The fourth-order valence-corrected chi connectivity index (χ4v) is 5.98. The van der Waals surface area contributed by atoms with Crippen molar-refractivity contribution in [3.05, 3.63) is 83.4 Å². The lowest BCUT2D eigenvalue weighted by atomic mass is 9.66. The molecule has 1 saturated carbocycles. The van der Waals surface area contributed by atoms with E-state index in [4.69, 9.17) is 4.98 Å². The van der Waals surface area contributed by atoms with Crippen molar-refractivity contribution in [1.29, 1.82) is 0 Å². The summed E-state index contributed by atoms with van der Waals surface area (Å²) in [6, 6.07) is 11.7. The molecular formula is C25H21F2N5. The van der Waals surface area contributed by atoms with Crippen LogP contribution >= 0.6 is 0 Å². The molecule has 1 N–H and O–H groups in total. The van der Waals surface area contributed by atoms with Gasteiger partial charge in [-0.3, -0.25) is 10.1 Å². The van der Waals surface area contributed by atoms with Crippen LogP contribution in [0.15, 0.2) is 54.9 Å². The molecule has 2 aliphatic rings. The highest BCUT2D eigenvalue weighted by Crippen LogP contribution is 2.69. The molecule has 2 aliphatic carbocycles. The molecule has 0 radical (unpaired) electrons. The van der Waals surface area contributed by atoms with Gasteiger partial charge in [-0.25, -0.2) is 8.78 Å². The molecule has 3 heterocycles. The van der Waals surface area contributed by atoms with Gasteiger partial charge in [0.05, 0.1) is 40.0 Å². The molecule has 6 rings (SSSR count). The number of pyridine rings is 1. The van der Waals surface area contributed by atoms with Crippen LogP contribution in [0.25, 0.3) is 22.5 Å². The predicted octanol–water partition coefficient (Wildman–Crippen LogP) is 5.41. The van der Waals surface area contributed by atoms with Crippen LogP contribution in [0.1, 0.15) is 49.6 Å². The Labute approximate surface area is 184 Å². The van der Waals surface area contributed by atoms with Gasteiger partial charge in [-0.05, 0) is 60.1 Å². The minimum atomic E-state index is -0.633. The van der Waals surface area contributed by atoms with Crippen molar-refractivity contribution in [3.8, 4) is 22.5 Å². The summed E-state index contributed by atoms with van der Waals surface area (Å²) in [5.74, 6) is -1.06. The third-order valence-electron chi connectivity index (χ3n) is 7.58. The van der Waals surface area contributed by atoms with Crippen LogP contribution in [-0.4, -0.2) is 25.4 Å². The van der Waals surface area contributed by atoms with Gasteiger partial charge in [0, 0.05) is 11.8 Å². The Morgan fingerprint density at radius 3 is 2.53 bits per heavy atom. The van der Waals surface area contributed by atoms with Crippen LogP contribution in [0, 0.1) is 17.0 Å². The van der Waals surface area contributed by atoms with Gasteiger partial charge in [0.2, 0.25) is 0 Å². The number of fused-ring (bicyclic) bond motifs is 5. The van der Waals surface area contributed by atoms with Gasteiger partial charge in [0.25, 0.3) is 0 Å². The zero-order valence-corrected chi connectivity index (χ0v) is 17.7. The molecule has 7 heteroatoms. The third-order valence-corrected chi connectivity index (χ3v) is 7.58. The van der Waals surface area contributed by atoms with Gasteiger partial charge in [0.15, 0.2) is 0 Å². The quantitative estimate of drug-likeness (QED) is 0.473.